The van der Waals surface area contributed by atoms with Crippen LogP contribution in [-0.2, 0) is 6.54 Å². The quantitative estimate of drug-likeness (QED) is 0.774. The minimum atomic E-state index is -0.360. The number of likely N-dealkylation sites (tertiary alicyclic amines) is 1. The van der Waals surface area contributed by atoms with Crippen molar-refractivity contribution in [3.05, 3.63) is 30.1 Å². The number of aromatic nitrogens is 1. The van der Waals surface area contributed by atoms with Crippen molar-refractivity contribution < 1.29 is 5.11 Å². The fraction of sp³-hybridized carbons (Fsp3) is 0.583. The predicted octanol–water partition coefficient (Wildman–Crippen LogP) is 0.367. The van der Waals surface area contributed by atoms with Crippen molar-refractivity contribution in [2.75, 3.05) is 19.7 Å². The molecule has 16 heavy (non-hydrogen) atoms. The number of nitrogens with two attached hydrogens (primary N) is 1. The molecule has 1 fully saturated rings. The highest BCUT2D eigenvalue weighted by Crippen LogP contribution is 2.19. The molecular weight excluding hydrogens is 202 g/mol. The molecule has 1 aliphatic heterocycles. The summed E-state index contributed by atoms with van der Waals surface area (Å²) in [7, 11) is 0. The van der Waals surface area contributed by atoms with E-state index in [0.29, 0.717) is 0 Å². The molecule has 0 radical (unpaired) electrons. The van der Waals surface area contributed by atoms with Crippen LogP contribution in [0.5, 0.6) is 0 Å². The summed E-state index contributed by atoms with van der Waals surface area (Å²) in [5.74, 6) is 0. The van der Waals surface area contributed by atoms with E-state index in [1.807, 2.05) is 24.4 Å². The molecule has 1 aromatic heterocycles. The smallest absolute Gasteiger partial charge is 0.0612 e. The molecule has 0 aromatic carbocycles. The van der Waals surface area contributed by atoms with E-state index in [1.165, 1.54) is 0 Å². The molecule has 4 heteroatoms. The first-order chi connectivity index (χ1) is 7.72. The van der Waals surface area contributed by atoms with Gasteiger partial charge in [-0.05, 0) is 25.0 Å². The molecule has 0 unspecified atom stereocenters. The lowest BCUT2D eigenvalue weighted by Gasteiger charge is -2.37. The lowest BCUT2D eigenvalue weighted by molar-refractivity contribution is 0.102. The molecule has 1 aromatic rings. The highest BCUT2D eigenvalue weighted by Gasteiger charge is 2.29. The largest absolute Gasteiger partial charge is 0.394 e. The molecule has 1 saturated heterocycles. The van der Waals surface area contributed by atoms with Crippen LogP contribution < -0.4 is 5.73 Å². The molecule has 4 nitrogen and oxygen atoms in total. The Morgan fingerprint density at radius 1 is 1.38 bits per heavy atom. The highest BCUT2D eigenvalue weighted by atomic mass is 16.3. The highest BCUT2D eigenvalue weighted by molar-refractivity contribution is 5.04. The second-order valence-corrected chi connectivity index (χ2v) is 4.62. The van der Waals surface area contributed by atoms with Crippen LogP contribution in [0.3, 0.4) is 0 Å². The Bertz CT molecular complexity index is 320. The Balaban J connectivity index is 1.86. The Hall–Kier alpha value is -0.970. The van der Waals surface area contributed by atoms with E-state index in [0.717, 1.165) is 38.2 Å². The summed E-state index contributed by atoms with van der Waals surface area (Å²) >= 11 is 0. The van der Waals surface area contributed by atoms with Gasteiger partial charge in [0.05, 0.1) is 12.3 Å². The van der Waals surface area contributed by atoms with Gasteiger partial charge in [0.15, 0.2) is 0 Å². The zero-order valence-electron chi connectivity index (χ0n) is 9.47. The summed E-state index contributed by atoms with van der Waals surface area (Å²) in [6.45, 7) is 2.84. The van der Waals surface area contributed by atoms with E-state index < -0.39 is 0 Å². The fourth-order valence-corrected chi connectivity index (χ4v) is 2.04. The van der Waals surface area contributed by atoms with Crippen molar-refractivity contribution >= 4 is 0 Å². The molecule has 0 amide bonds. The third-order valence-electron chi connectivity index (χ3n) is 3.28. The third-order valence-corrected chi connectivity index (χ3v) is 3.28. The molecule has 2 rings (SSSR count). The van der Waals surface area contributed by atoms with Crippen molar-refractivity contribution in [3.8, 4) is 0 Å². The SMILES string of the molecule is NC1(CO)CCN(Cc2ccccn2)CC1. The van der Waals surface area contributed by atoms with Crippen molar-refractivity contribution in [2.45, 2.75) is 24.9 Å². The van der Waals surface area contributed by atoms with Crippen LogP contribution in [0.4, 0.5) is 0 Å². The standard InChI is InChI=1S/C12H19N3O/c13-12(10-16)4-7-15(8-5-12)9-11-3-1-2-6-14-11/h1-3,6,16H,4-5,7-10,13H2. The van der Waals surface area contributed by atoms with Crippen LogP contribution in [0, 0.1) is 0 Å². The van der Waals surface area contributed by atoms with Crippen LogP contribution in [0.25, 0.3) is 0 Å². The van der Waals surface area contributed by atoms with E-state index in [-0.39, 0.29) is 12.1 Å². The van der Waals surface area contributed by atoms with Crippen molar-refractivity contribution in [1.29, 1.82) is 0 Å². The molecule has 3 N–H and O–H groups in total. The number of aliphatic hydroxyl groups is 1. The van der Waals surface area contributed by atoms with E-state index in [9.17, 15) is 5.11 Å². The first-order valence-electron chi connectivity index (χ1n) is 5.74. The summed E-state index contributed by atoms with van der Waals surface area (Å²) < 4.78 is 0. The van der Waals surface area contributed by atoms with Gasteiger partial charge in [-0.2, -0.15) is 0 Å². The average molecular weight is 221 g/mol. The Kier molecular flexibility index (Phi) is 3.53. The van der Waals surface area contributed by atoms with Gasteiger partial charge in [0, 0.05) is 31.4 Å². The Morgan fingerprint density at radius 3 is 2.69 bits per heavy atom. The van der Waals surface area contributed by atoms with E-state index >= 15 is 0 Å². The van der Waals surface area contributed by atoms with Crippen molar-refractivity contribution in [2.24, 2.45) is 5.73 Å². The van der Waals surface area contributed by atoms with E-state index in [2.05, 4.69) is 9.88 Å². The maximum Gasteiger partial charge on any atom is 0.0612 e. The van der Waals surface area contributed by atoms with Crippen LogP contribution in [-0.4, -0.2) is 40.2 Å². The number of hydrogen-bond donors (Lipinski definition) is 2. The molecule has 0 bridgehead atoms. The first kappa shape index (κ1) is 11.5. The van der Waals surface area contributed by atoms with Gasteiger partial charge in [0.25, 0.3) is 0 Å². The number of aliphatic hydroxyl groups excluding tert-OH is 1. The topological polar surface area (TPSA) is 62.4 Å². The number of rotatable bonds is 3. The maximum atomic E-state index is 9.17. The van der Waals surface area contributed by atoms with E-state index in [1.54, 1.807) is 0 Å². The minimum absolute atomic E-state index is 0.0877. The van der Waals surface area contributed by atoms with Crippen LogP contribution in [0.1, 0.15) is 18.5 Å². The minimum Gasteiger partial charge on any atom is -0.394 e. The fourth-order valence-electron chi connectivity index (χ4n) is 2.04. The molecule has 1 aliphatic rings. The van der Waals surface area contributed by atoms with Crippen LogP contribution >= 0.6 is 0 Å². The monoisotopic (exact) mass is 221 g/mol. The molecule has 0 aliphatic carbocycles. The number of nitrogens with zero attached hydrogens (tertiary/aromatic N) is 2. The zero-order valence-corrected chi connectivity index (χ0v) is 9.47. The van der Waals surface area contributed by atoms with Gasteiger partial charge < -0.3 is 10.8 Å². The van der Waals surface area contributed by atoms with Crippen LogP contribution in [0.15, 0.2) is 24.4 Å². The second-order valence-electron chi connectivity index (χ2n) is 4.62. The maximum absolute atomic E-state index is 9.17. The normalized spacial score (nSPS) is 20.9. The lowest BCUT2D eigenvalue weighted by atomic mass is 9.89. The summed E-state index contributed by atoms with van der Waals surface area (Å²) in [5, 5.41) is 9.17. The second kappa shape index (κ2) is 4.91. The molecule has 88 valence electrons. The predicted molar refractivity (Wildman–Crippen MR) is 62.8 cm³/mol. The summed E-state index contributed by atoms with van der Waals surface area (Å²) in [6, 6.07) is 5.97. The number of pyridine rings is 1. The van der Waals surface area contributed by atoms with Crippen LogP contribution in [0.2, 0.25) is 0 Å². The molecular formula is C12H19N3O. The number of hydrogen-bond acceptors (Lipinski definition) is 4. The summed E-state index contributed by atoms with van der Waals surface area (Å²) in [5.41, 5.74) is 6.75. The number of piperidine rings is 1. The van der Waals surface area contributed by atoms with Gasteiger partial charge >= 0.3 is 0 Å². The Morgan fingerprint density at radius 2 is 2.12 bits per heavy atom. The zero-order chi connectivity index (χ0) is 11.4. The van der Waals surface area contributed by atoms with Crippen molar-refractivity contribution in [1.82, 2.24) is 9.88 Å². The lowest BCUT2D eigenvalue weighted by Crippen LogP contribution is -2.52. The average Bonchev–Trinajstić information content (AvgIpc) is 2.34. The van der Waals surface area contributed by atoms with Gasteiger partial charge in [-0.1, -0.05) is 6.07 Å². The van der Waals surface area contributed by atoms with Gasteiger partial charge in [-0.3, -0.25) is 9.88 Å². The van der Waals surface area contributed by atoms with Gasteiger partial charge in [0.1, 0.15) is 0 Å². The molecule has 0 atom stereocenters. The molecule has 0 spiro atoms. The molecule has 2 heterocycles. The van der Waals surface area contributed by atoms with Gasteiger partial charge in [0.2, 0.25) is 0 Å². The van der Waals surface area contributed by atoms with Crippen molar-refractivity contribution in [3.63, 3.8) is 0 Å². The van der Waals surface area contributed by atoms with Gasteiger partial charge in [-0.15, -0.1) is 0 Å². The third kappa shape index (κ3) is 2.78. The summed E-state index contributed by atoms with van der Waals surface area (Å²) in [4.78, 5) is 6.64. The molecule has 0 saturated carbocycles. The van der Waals surface area contributed by atoms with Gasteiger partial charge in [-0.25, -0.2) is 0 Å². The Labute approximate surface area is 96.1 Å². The first-order valence-corrected chi connectivity index (χ1v) is 5.74. The summed E-state index contributed by atoms with van der Waals surface area (Å²) in [6.07, 6.45) is 3.53. The van der Waals surface area contributed by atoms with E-state index in [4.69, 9.17) is 5.73 Å².